The normalized spacial score (nSPS) is 29.1. The molecule has 4 rings (SSSR count). The number of methoxy groups -OCH3 is 3. The molecule has 144 valence electrons. The Labute approximate surface area is 157 Å². The second kappa shape index (κ2) is 7.65. The van der Waals surface area contributed by atoms with E-state index in [1.165, 1.54) is 44.3 Å². The van der Waals surface area contributed by atoms with Crippen LogP contribution in [0.2, 0.25) is 0 Å². The highest BCUT2D eigenvalue weighted by molar-refractivity contribution is 5.53. The first-order valence-electron chi connectivity index (χ1n) is 9.97. The quantitative estimate of drug-likeness (QED) is 0.779. The van der Waals surface area contributed by atoms with Gasteiger partial charge in [-0.25, -0.2) is 0 Å². The molecule has 0 radical (unpaired) electrons. The Hall–Kier alpha value is -1.46. The Bertz CT molecular complexity index is 603. The van der Waals surface area contributed by atoms with Crippen LogP contribution in [0.5, 0.6) is 17.2 Å². The van der Waals surface area contributed by atoms with Crippen LogP contribution in [0.1, 0.15) is 31.2 Å². The van der Waals surface area contributed by atoms with Gasteiger partial charge in [-0.05, 0) is 48.8 Å². The molecular weight excluding hydrogens is 328 g/mol. The van der Waals surface area contributed by atoms with Gasteiger partial charge in [0, 0.05) is 38.8 Å². The number of benzene rings is 1. The van der Waals surface area contributed by atoms with Gasteiger partial charge in [0.1, 0.15) is 0 Å². The average molecular weight is 360 g/mol. The summed E-state index contributed by atoms with van der Waals surface area (Å²) in [6, 6.07) is 5.02. The van der Waals surface area contributed by atoms with Crippen LogP contribution >= 0.6 is 0 Å². The standard InChI is InChI=1S/C21H32N2O3/c1-24-19-12-16(13-20(25-2)21(19)26-3)14-22-6-8-23(9-7-22)18-11-15-4-5-17(18)10-15/h12-13,15,17-18H,4-11,14H2,1-3H3/t15-,17-,18+/m0/s1. The van der Waals surface area contributed by atoms with E-state index in [1.54, 1.807) is 21.3 Å². The molecule has 5 nitrogen and oxygen atoms in total. The summed E-state index contributed by atoms with van der Waals surface area (Å²) in [6.07, 6.45) is 5.91. The first-order valence-corrected chi connectivity index (χ1v) is 9.97. The van der Waals surface area contributed by atoms with Crippen LogP contribution in [-0.2, 0) is 6.54 Å². The number of fused-ring (bicyclic) bond motifs is 2. The fourth-order valence-corrected chi connectivity index (χ4v) is 5.40. The van der Waals surface area contributed by atoms with Crippen LogP contribution < -0.4 is 14.2 Å². The molecule has 3 aliphatic rings. The zero-order valence-electron chi connectivity index (χ0n) is 16.4. The summed E-state index contributed by atoms with van der Waals surface area (Å²) in [6.45, 7) is 5.63. The fourth-order valence-electron chi connectivity index (χ4n) is 5.40. The monoisotopic (exact) mass is 360 g/mol. The van der Waals surface area contributed by atoms with Crippen LogP contribution in [0, 0.1) is 11.8 Å². The van der Waals surface area contributed by atoms with Gasteiger partial charge in [-0.15, -0.1) is 0 Å². The third-order valence-corrected chi connectivity index (χ3v) is 6.71. The molecular formula is C21H32N2O3. The molecule has 2 aliphatic carbocycles. The van der Waals surface area contributed by atoms with Crippen molar-refractivity contribution >= 4 is 0 Å². The maximum atomic E-state index is 5.49. The maximum absolute atomic E-state index is 5.49. The third kappa shape index (κ3) is 3.39. The molecule has 1 aliphatic heterocycles. The van der Waals surface area contributed by atoms with Gasteiger partial charge in [0.25, 0.3) is 0 Å². The highest BCUT2D eigenvalue weighted by atomic mass is 16.5. The van der Waals surface area contributed by atoms with Crippen LogP contribution in [0.25, 0.3) is 0 Å². The molecule has 0 aromatic heterocycles. The Morgan fingerprint density at radius 3 is 2.08 bits per heavy atom. The average Bonchev–Trinajstić information content (AvgIpc) is 3.31. The highest BCUT2D eigenvalue weighted by Crippen LogP contribution is 2.46. The van der Waals surface area contributed by atoms with Crippen LogP contribution in [0.3, 0.4) is 0 Å². The van der Waals surface area contributed by atoms with E-state index in [0.29, 0.717) is 5.75 Å². The lowest BCUT2D eigenvalue weighted by molar-refractivity contribution is 0.0679. The molecule has 5 heteroatoms. The molecule has 1 aromatic carbocycles. The van der Waals surface area contributed by atoms with E-state index < -0.39 is 0 Å². The Balaban J connectivity index is 1.37. The predicted octanol–water partition coefficient (Wildman–Crippen LogP) is 3.02. The maximum Gasteiger partial charge on any atom is 0.203 e. The zero-order chi connectivity index (χ0) is 18.1. The van der Waals surface area contributed by atoms with Crippen molar-refractivity contribution in [3.05, 3.63) is 17.7 Å². The SMILES string of the molecule is COc1cc(CN2CCN([C@@H]3C[C@H]4CC[C@H]3C4)CC2)cc(OC)c1OC. The molecule has 0 N–H and O–H groups in total. The third-order valence-electron chi connectivity index (χ3n) is 6.71. The minimum Gasteiger partial charge on any atom is -0.493 e. The highest BCUT2D eigenvalue weighted by Gasteiger charge is 2.42. The lowest BCUT2D eigenvalue weighted by Crippen LogP contribution is -2.51. The van der Waals surface area contributed by atoms with Gasteiger partial charge in [0.15, 0.2) is 11.5 Å². The van der Waals surface area contributed by atoms with E-state index in [4.69, 9.17) is 14.2 Å². The van der Waals surface area contributed by atoms with Crippen molar-refractivity contribution in [1.29, 1.82) is 0 Å². The van der Waals surface area contributed by atoms with Crippen molar-refractivity contribution in [3.63, 3.8) is 0 Å². The number of rotatable bonds is 6. The summed E-state index contributed by atoms with van der Waals surface area (Å²) in [5.74, 6) is 4.16. The van der Waals surface area contributed by atoms with Crippen LogP contribution in [0.4, 0.5) is 0 Å². The largest absolute Gasteiger partial charge is 0.493 e. The van der Waals surface area contributed by atoms with E-state index in [-0.39, 0.29) is 0 Å². The minimum absolute atomic E-state index is 0.667. The van der Waals surface area contributed by atoms with Gasteiger partial charge < -0.3 is 14.2 Å². The van der Waals surface area contributed by atoms with Gasteiger partial charge in [0.2, 0.25) is 5.75 Å². The van der Waals surface area contributed by atoms with Crippen molar-refractivity contribution in [2.24, 2.45) is 11.8 Å². The summed E-state index contributed by atoms with van der Waals surface area (Å²) >= 11 is 0. The van der Waals surface area contributed by atoms with Gasteiger partial charge in [-0.3, -0.25) is 9.80 Å². The van der Waals surface area contributed by atoms with Crippen molar-refractivity contribution in [3.8, 4) is 17.2 Å². The summed E-state index contributed by atoms with van der Waals surface area (Å²) < 4.78 is 16.4. The lowest BCUT2D eigenvalue weighted by Gasteiger charge is -2.41. The summed E-state index contributed by atoms with van der Waals surface area (Å²) in [5, 5.41) is 0. The molecule has 3 fully saturated rings. The molecule has 1 aromatic rings. The van der Waals surface area contributed by atoms with E-state index in [0.717, 1.165) is 49.0 Å². The number of hydrogen-bond acceptors (Lipinski definition) is 5. The molecule has 0 unspecified atom stereocenters. The number of ether oxygens (including phenoxy) is 3. The molecule has 3 atom stereocenters. The first kappa shape index (κ1) is 17.9. The second-order valence-electron chi connectivity index (χ2n) is 8.09. The van der Waals surface area contributed by atoms with Crippen LogP contribution in [-0.4, -0.2) is 63.4 Å². The van der Waals surface area contributed by atoms with E-state index in [2.05, 4.69) is 21.9 Å². The van der Waals surface area contributed by atoms with Gasteiger partial charge >= 0.3 is 0 Å². The van der Waals surface area contributed by atoms with Crippen molar-refractivity contribution < 1.29 is 14.2 Å². The Morgan fingerprint density at radius 2 is 1.58 bits per heavy atom. The number of hydrogen-bond donors (Lipinski definition) is 0. The molecule has 1 saturated heterocycles. The van der Waals surface area contributed by atoms with Crippen molar-refractivity contribution in [2.45, 2.75) is 38.3 Å². The topological polar surface area (TPSA) is 34.2 Å². The van der Waals surface area contributed by atoms with Gasteiger partial charge in [-0.1, -0.05) is 6.42 Å². The first-order chi connectivity index (χ1) is 12.7. The Kier molecular flexibility index (Phi) is 5.28. The smallest absolute Gasteiger partial charge is 0.203 e. The van der Waals surface area contributed by atoms with E-state index in [9.17, 15) is 0 Å². The molecule has 2 saturated carbocycles. The minimum atomic E-state index is 0.667. The molecule has 0 spiro atoms. The lowest BCUT2D eigenvalue weighted by atomic mass is 9.93. The number of piperazine rings is 1. The molecule has 0 amide bonds. The molecule has 26 heavy (non-hydrogen) atoms. The van der Waals surface area contributed by atoms with Gasteiger partial charge in [-0.2, -0.15) is 0 Å². The van der Waals surface area contributed by atoms with Crippen molar-refractivity contribution in [1.82, 2.24) is 9.80 Å². The summed E-state index contributed by atoms with van der Waals surface area (Å²) in [4.78, 5) is 5.32. The Morgan fingerprint density at radius 1 is 0.885 bits per heavy atom. The van der Waals surface area contributed by atoms with E-state index >= 15 is 0 Å². The van der Waals surface area contributed by atoms with Crippen molar-refractivity contribution in [2.75, 3.05) is 47.5 Å². The van der Waals surface area contributed by atoms with E-state index in [1.807, 2.05) is 0 Å². The molecule has 1 heterocycles. The number of nitrogens with zero attached hydrogens (tertiary/aromatic N) is 2. The predicted molar refractivity (Wildman–Crippen MR) is 102 cm³/mol. The second-order valence-corrected chi connectivity index (χ2v) is 8.09. The zero-order valence-corrected chi connectivity index (χ0v) is 16.4. The summed E-state index contributed by atoms with van der Waals surface area (Å²) in [5.41, 5.74) is 1.22. The summed E-state index contributed by atoms with van der Waals surface area (Å²) in [7, 11) is 5.00. The van der Waals surface area contributed by atoms with Gasteiger partial charge in [0.05, 0.1) is 21.3 Å². The van der Waals surface area contributed by atoms with Crippen LogP contribution in [0.15, 0.2) is 12.1 Å². The molecule has 2 bridgehead atoms. The fraction of sp³-hybridized carbons (Fsp3) is 0.714.